The third-order valence-electron chi connectivity index (χ3n) is 3.10. The third kappa shape index (κ3) is 3.74. The second kappa shape index (κ2) is 5.27. The van der Waals surface area contributed by atoms with Gasteiger partial charge in [0.05, 0.1) is 5.75 Å². The van der Waals surface area contributed by atoms with Crippen LogP contribution in [0.5, 0.6) is 0 Å². The molecule has 0 radical (unpaired) electrons. The second-order valence-electron chi connectivity index (χ2n) is 4.26. The lowest BCUT2D eigenvalue weighted by Gasteiger charge is -2.24. The number of hydrogen-bond donors (Lipinski definition) is 1. The maximum Gasteiger partial charge on any atom is 0.215 e. The minimum atomic E-state index is -3.07. The third-order valence-corrected chi connectivity index (χ3v) is 5.03. The van der Waals surface area contributed by atoms with Crippen LogP contribution in [-0.4, -0.2) is 44.7 Å². The lowest BCUT2D eigenvalue weighted by Crippen LogP contribution is -2.40. The molecular weight excluding hydrogens is 212 g/mol. The molecule has 1 fully saturated rings. The van der Waals surface area contributed by atoms with E-state index < -0.39 is 10.0 Å². The molecule has 1 unspecified atom stereocenters. The van der Waals surface area contributed by atoms with E-state index in [0.29, 0.717) is 12.5 Å². The highest BCUT2D eigenvalue weighted by atomic mass is 32.2. The summed E-state index contributed by atoms with van der Waals surface area (Å²) in [5.74, 6) is 0.790. The summed E-state index contributed by atoms with van der Waals surface area (Å²) >= 11 is 0. The Bertz CT molecular complexity index is 286. The van der Waals surface area contributed by atoms with E-state index in [1.54, 1.807) is 11.4 Å². The summed E-state index contributed by atoms with van der Waals surface area (Å²) in [6.45, 7) is 5.34. The molecule has 0 heterocycles. The van der Waals surface area contributed by atoms with Crippen molar-refractivity contribution in [2.24, 2.45) is 5.92 Å². The smallest absolute Gasteiger partial charge is 0.215 e. The van der Waals surface area contributed by atoms with Gasteiger partial charge in [-0.2, -0.15) is 0 Å². The maximum absolute atomic E-state index is 11.9. The molecule has 0 amide bonds. The van der Waals surface area contributed by atoms with Gasteiger partial charge >= 0.3 is 0 Å². The molecule has 90 valence electrons. The van der Waals surface area contributed by atoms with Gasteiger partial charge < -0.3 is 5.32 Å². The number of sulfonamides is 1. The Morgan fingerprint density at radius 3 is 2.53 bits per heavy atom. The maximum atomic E-state index is 11.9. The van der Waals surface area contributed by atoms with E-state index in [9.17, 15) is 8.42 Å². The van der Waals surface area contributed by atoms with Crippen LogP contribution in [0.2, 0.25) is 0 Å². The van der Waals surface area contributed by atoms with Gasteiger partial charge in [-0.25, -0.2) is 12.7 Å². The van der Waals surface area contributed by atoms with Gasteiger partial charge in [-0.15, -0.1) is 0 Å². The molecule has 0 spiro atoms. The number of nitrogens with one attached hydrogen (secondary N) is 1. The highest BCUT2D eigenvalue weighted by Gasteiger charge is 2.34. The van der Waals surface area contributed by atoms with Gasteiger partial charge in [0.1, 0.15) is 0 Å². The summed E-state index contributed by atoms with van der Waals surface area (Å²) in [5, 5.41) is 3.04. The van der Waals surface area contributed by atoms with Crippen molar-refractivity contribution in [1.82, 2.24) is 9.62 Å². The Hall–Kier alpha value is -0.130. The van der Waals surface area contributed by atoms with E-state index in [4.69, 9.17) is 0 Å². The zero-order chi connectivity index (χ0) is 11.5. The second-order valence-corrected chi connectivity index (χ2v) is 6.41. The predicted molar refractivity (Wildman–Crippen MR) is 62.3 cm³/mol. The zero-order valence-corrected chi connectivity index (χ0v) is 10.7. The summed E-state index contributed by atoms with van der Waals surface area (Å²) in [6, 6.07) is 0.164. The molecule has 1 aliphatic rings. The minimum absolute atomic E-state index is 0.164. The first-order valence-electron chi connectivity index (χ1n) is 5.65. The minimum Gasteiger partial charge on any atom is -0.316 e. The molecule has 0 aromatic carbocycles. The summed E-state index contributed by atoms with van der Waals surface area (Å²) in [6.07, 6.45) is 2.35. The van der Waals surface area contributed by atoms with Crippen molar-refractivity contribution in [1.29, 1.82) is 0 Å². The van der Waals surface area contributed by atoms with Crippen LogP contribution in [0.1, 0.15) is 26.7 Å². The first kappa shape index (κ1) is 12.9. The van der Waals surface area contributed by atoms with E-state index >= 15 is 0 Å². The Morgan fingerprint density at radius 1 is 1.47 bits per heavy atom. The van der Waals surface area contributed by atoms with E-state index in [-0.39, 0.29) is 11.8 Å². The lowest BCUT2D eigenvalue weighted by molar-refractivity contribution is 0.356. The van der Waals surface area contributed by atoms with E-state index in [0.717, 1.165) is 6.54 Å². The van der Waals surface area contributed by atoms with Crippen LogP contribution in [0.4, 0.5) is 0 Å². The Morgan fingerprint density at radius 2 is 2.07 bits per heavy atom. The molecule has 1 N–H and O–H groups in total. The molecule has 0 bridgehead atoms. The van der Waals surface area contributed by atoms with Crippen molar-refractivity contribution in [3.63, 3.8) is 0 Å². The topological polar surface area (TPSA) is 49.4 Å². The fourth-order valence-electron chi connectivity index (χ4n) is 1.65. The van der Waals surface area contributed by atoms with Crippen LogP contribution < -0.4 is 5.32 Å². The molecule has 4 nitrogen and oxygen atoms in total. The quantitative estimate of drug-likeness (QED) is 0.658. The van der Waals surface area contributed by atoms with Gasteiger partial charge in [-0.05, 0) is 32.2 Å². The molecule has 0 aromatic heterocycles. The summed E-state index contributed by atoms with van der Waals surface area (Å²) in [7, 11) is -1.37. The number of hydrogen-bond acceptors (Lipinski definition) is 3. The van der Waals surface area contributed by atoms with Crippen molar-refractivity contribution in [2.75, 3.05) is 25.9 Å². The summed E-state index contributed by atoms with van der Waals surface area (Å²) in [4.78, 5) is 0. The molecule has 5 heteroatoms. The van der Waals surface area contributed by atoms with Gasteiger partial charge in [-0.3, -0.25) is 0 Å². The van der Waals surface area contributed by atoms with Crippen LogP contribution in [0.15, 0.2) is 0 Å². The largest absolute Gasteiger partial charge is 0.316 e. The van der Waals surface area contributed by atoms with Crippen molar-refractivity contribution in [3.05, 3.63) is 0 Å². The first-order chi connectivity index (χ1) is 6.99. The van der Waals surface area contributed by atoms with Crippen molar-refractivity contribution in [2.45, 2.75) is 32.7 Å². The van der Waals surface area contributed by atoms with Crippen molar-refractivity contribution in [3.8, 4) is 0 Å². The van der Waals surface area contributed by atoms with Crippen LogP contribution in [0.3, 0.4) is 0 Å². The van der Waals surface area contributed by atoms with Crippen LogP contribution in [0.25, 0.3) is 0 Å². The molecule has 1 saturated carbocycles. The Labute approximate surface area is 93.1 Å². The van der Waals surface area contributed by atoms with Gasteiger partial charge in [0.15, 0.2) is 0 Å². The average molecular weight is 234 g/mol. The molecule has 1 rings (SSSR count). The molecule has 1 aliphatic carbocycles. The summed E-state index contributed by atoms with van der Waals surface area (Å²) < 4.78 is 25.3. The fraction of sp³-hybridized carbons (Fsp3) is 1.00. The van der Waals surface area contributed by atoms with Crippen LogP contribution >= 0.6 is 0 Å². The van der Waals surface area contributed by atoms with Gasteiger partial charge in [0.2, 0.25) is 10.0 Å². The van der Waals surface area contributed by atoms with E-state index in [1.165, 1.54) is 12.8 Å². The molecule has 15 heavy (non-hydrogen) atoms. The van der Waals surface area contributed by atoms with Crippen LogP contribution in [-0.2, 0) is 10.0 Å². The Kier molecular flexibility index (Phi) is 4.55. The molecule has 0 aliphatic heterocycles. The van der Waals surface area contributed by atoms with Crippen molar-refractivity contribution < 1.29 is 8.42 Å². The van der Waals surface area contributed by atoms with Gasteiger partial charge in [-0.1, -0.05) is 6.92 Å². The van der Waals surface area contributed by atoms with Gasteiger partial charge in [0, 0.05) is 19.6 Å². The van der Waals surface area contributed by atoms with E-state index in [1.807, 2.05) is 13.8 Å². The lowest BCUT2D eigenvalue weighted by atomic mass is 10.2. The summed E-state index contributed by atoms with van der Waals surface area (Å²) in [5.41, 5.74) is 0. The fourth-order valence-corrected chi connectivity index (χ4v) is 3.02. The monoisotopic (exact) mass is 234 g/mol. The molecular formula is C10H22N2O2S. The van der Waals surface area contributed by atoms with Crippen LogP contribution in [0, 0.1) is 5.92 Å². The van der Waals surface area contributed by atoms with Gasteiger partial charge in [0.25, 0.3) is 0 Å². The SMILES string of the molecule is CCNCCS(=O)(=O)N(C)C(C)C1CC1. The Balaban J connectivity index is 2.44. The number of nitrogens with zero attached hydrogens (tertiary/aromatic N) is 1. The van der Waals surface area contributed by atoms with Crippen molar-refractivity contribution >= 4 is 10.0 Å². The van der Waals surface area contributed by atoms with E-state index in [2.05, 4.69) is 5.32 Å². The molecule has 1 atom stereocenters. The average Bonchev–Trinajstić information content (AvgIpc) is 2.99. The first-order valence-corrected chi connectivity index (χ1v) is 7.26. The zero-order valence-electron chi connectivity index (χ0n) is 9.86. The highest BCUT2D eigenvalue weighted by molar-refractivity contribution is 7.89. The standard InChI is InChI=1S/C10H22N2O2S/c1-4-11-7-8-15(13,14)12(3)9(2)10-5-6-10/h9-11H,4-8H2,1-3H3. The molecule has 0 aromatic rings. The molecule has 0 saturated heterocycles. The normalized spacial score (nSPS) is 19.5. The predicted octanol–water partition coefficient (Wildman–Crippen LogP) is 0.656. The highest BCUT2D eigenvalue weighted by Crippen LogP contribution is 2.35. The number of rotatable bonds is 7.